The summed E-state index contributed by atoms with van der Waals surface area (Å²) in [5, 5.41) is 11.0. The van der Waals surface area contributed by atoms with E-state index in [1.807, 2.05) is 0 Å². The number of hydrogen-bond acceptors (Lipinski definition) is 5. The Morgan fingerprint density at radius 1 is 1.40 bits per heavy atom. The number of Topliss-reactive ketones (excluding diaryl/α,β-unsaturated/α-hetero) is 1. The molecule has 0 unspecified atom stereocenters. The summed E-state index contributed by atoms with van der Waals surface area (Å²) in [7, 11) is 1.43. The van der Waals surface area contributed by atoms with Gasteiger partial charge in [-0.1, -0.05) is 12.8 Å². The lowest BCUT2D eigenvalue weighted by molar-refractivity contribution is -0.385. The fourth-order valence-corrected chi connectivity index (χ4v) is 2.40. The Balaban J connectivity index is 2.04. The molecular formula is C14H17NO5. The van der Waals surface area contributed by atoms with Crippen LogP contribution in [0.5, 0.6) is 11.5 Å². The van der Waals surface area contributed by atoms with Gasteiger partial charge < -0.3 is 9.47 Å². The fraction of sp³-hybridized carbons (Fsp3) is 0.500. The second-order valence-electron chi connectivity index (χ2n) is 4.83. The average molecular weight is 279 g/mol. The Hall–Kier alpha value is -2.11. The quantitative estimate of drug-likeness (QED) is 0.591. The molecule has 0 aromatic heterocycles. The van der Waals surface area contributed by atoms with Crippen molar-refractivity contribution < 1.29 is 19.2 Å². The summed E-state index contributed by atoms with van der Waals surface area (Å²) in [5.41, 5.74) is -0.191. The highest BCUT2D eigenvalue weighted by Crippen LogP contribution is 2.31. The number of nitrogens with zero attached hydrogens (tertiary/aromatic N) is 1. The molecule has 0 bridgehead atoms. The molecule has 1 saturated carbocycles. The molecule has 0 radical (unpaired) electrons. The molecule has 108 valence electrons. The summed E-state index contributed by atoms with van der Waals surface area (Å²) in [5.74, 6) is 0.549. The zero-order chi connectivity index (χ0) is 14.5. The van der Waals surface area contributed by atoms with Crippen LogP contribution in [0.25, 0.3) is 0 Å². The minimum atomic E-state index is -0.544. The highest BCUT2D eigenvalue weighted by atomic mass is 16.6. The van der Waals surface area contributed by atoms with Crippen molar-refractivity contribution in [1.29, 1.82) is 0 Å². The molecule has 1 aliphatic carbocycles. The minimum Gasteiger partial charge on any atom is -0.496 e. The van der Waals surface area contributed by atoms with Crippen LogP contribution >= 0.6 is 0 Å². The maximum Gasteiger partial charge on any atom is 0.314 e. The summed E-state index contributed by atoms with van der Waals surface area (Å²) < 4.78 is 10.3. The Morgan fingerprint density at radius 2 is 2.10 bits per heavy atom. The van der Waals surface area contributed by atoms with Crippen molar-refractivity contribution in [2.75, 3.05) is 13.7 Å². The predicted molar refractivity (Wildman–Crippen MR) is 72.1 cm³/mol. The first-order valence-electron chi connectivity index (χ1n) is 6.59. The van der Waals surface area contributed by atoms with Gasteiger partial charge in [0.15, 0.2) is 11.5 Å². The van der Waals surface area contributed by atoms with Crippen molar-refractivity contribution in [1.82, 2.24) is 0 Å². The van der Waals surface area contributed by atoms with Crippen LogP contribution in [0.2, 0.25) is 0 Å². The molecule has 1 aromatic carbocycles. The van der Waals surface area contributed by atoms with E-state index in [0.717, 1.165) is 25.7 Å². The monoisotopic (exact) mass is 279 g/mol. The van der Waals surface area contributed by atoms with E-state index in [1.165, 1.54) is 19.2 Å². The number of nitro groups is 1. The highest BCUT2D eigenvalue weighted by molar-refractivity contribution is 5.82. The van der Waals surface area contributed by atoms with E-state index in [1.54, 1.807) is 6.07 Å². The molecule has 0 atom stereocenters. The molecule has 0 N–H and O–H groups in total. The molecule has 0 aliphatic heterocycles. The zero-order valence-electron chi connectivity index (χ0n) is 11.3. The van der Waals surface area contributed by atoms with Gasteiger partial charge in [-0.3, -0.25) is 14.9 Å². The first-order valence-corrected chi connectivity index (χ1v) is 6.59. The van der Waals surface area contributed by atoms with Gasteiger partial charge in [0.05, 0.1) is 18.1 Å². The van der Waals surface area contributed by atoms with Gasteiger partial charge in [-0.2, -0.15) is 0 Å². The van der Waals surface area contributed by atoms with E-state index in [-0.39, 0.29) is 29.7 Å². The van der Waals surface area contributed by atoms with Gasteiger partial charge in [-0.05, 0) is 25.0 Å². The van der Waals surface area contributed by atoms with Crippen molar-refractivity contribution in [2.45, 2.75) is 25.7 Å². The van der Waals surface area contributed by atoms with Crippen LogP contribution in [0.3, 0.4) is 0 Å². The van der Waals surface area contributed by atoms with E-state index < -0.39 is 4.92 Å². The molecular weight excluding hydrogens is 262 g/mol. The molecule has 0 saturated heterocycles. The average Bonchev–Trinajstić information content (AvgIpc) is 2.98. The summed E-state index contributed by atoms with van der Waals surface area (Å²) in [4.78, 5) is 22.3. The number of carbonyl (C=O) groups excluding carboxylic acids is 1. The molecule has 1 aliphatic rings. The van der Waals surface area contributed by atoms with E-state index in [0.29, 0.717) is 5.75 Å². The van der Waals surface area contributed by atoms with E-state index in [4.69, 9.17) is 9.47 Å². The van der Waals surface area contributed by atoms with Crippen molar-refractivity contribution >= 4 is 11.5 Å². The van der Waals surface area contributed by atoms with Crippen LogP contribution in [0, 0.1) is 16.0 Å². The van der Waals surface area contributed by atoms with Crippen LogP contribution < -0.4 is 9.47 Å². The molecule has 1 aromatic rings. The third kappa shape index (κ3) is 3.26. The van der Waals surface area contributed by atoms with Crippen LogP contribution in [0.15, 0.2) is 18.2 Å². The largest absolute Gasteiger partial charge is 0.496 e. The Morgan fingerprint density at radius 3 is 2.70 bits per heavy atom. The van der Waals surface area contributed by atoms with Crippen LogP contribution in [-0.2, 0) is 4.79 Å². The molecule has 6 heteroatoms. The fourth-order valence-electron chi connectivity index (χ4n) is 2.40. The topological polar surface area (TPSA) is 78.7 Å². The first-order chi connectivity index (χ1) is 9.61. The Bertz CT molecular complexity index is 508. The SMILES string of the molecule is COc1ccc(OCC(=O)C2CCCC2)c([N+](=O)[O-])c1. The van der Waals surface area contributed by atoms with Crippen LogP contribution in [-0.4, -0.2) is 24.4 Å². The number of ketones is 1. The number of benzene rings is 1. The lowest BCUT2D eigenvalue weighted by Gasteiger charge is -2.10. The van der Waals surface area contributed by atoms with E-state index in [2.05, 4.69) is 0 Å². The molecule has 0 amide bonds. The first kappa shape index (κ1) is 14.3. The maximum absolute atomic E-state index is 11.9. The van der Waals surface area contributed by atoms with Crippen molar-refractivity contribution in [3.05, 3.63) is 28.3 Å². The number of rotatable bonds is 6. The van der Waals surface area contributed by atoms with Crippen molar-refractivity contribution in [2.24, 2.45) is 5.92 Å². The van der Waals surface area contributed by atoms with Crippen LogP contribution in [0.4, 0.5) is 5.69 Å². The second kappa shape index (κ2) is 6.36. The van der Waals surface area contributed by atoms with Gasteiger partial charge >= 0.3 is 5.69 Å². The number of ether oxygens (including phenoxy) is 2. The van der Waals surface area contributed by atoms with Crippen molar-refractivity contribution in [3.63, 3.8) is 0 Å². The van der Waals surface area contributed by atoms with Crippen LogP contribution in [0.1, 0.15) is 25.7 Å². The number of nitro benzene ring substituents is 1. The molecule has 20 heavy (non-hydrogen) atoms. The molecule has 1 fully saturated rings. The van der Waals surface area contributed by atoms with Gasteiger partial charge in [0, 0.05) is 5.92 Å². The normalized spacial score (nSPS) is 15.1. The number of hydrogen-bond donors (Lipinski definition) is 0. The summed E-state index contributed by atoms with van der Waals surface area (Å²) in [6.45, 7) is -0.113. The molecule has 0 spiro atoms. The second-order valence-corrected chi connectivity index (χ2v) is 4.83. The summed E-state index contributed by atoms with van der Waals surface area (Å²) in [6.07, 6.45) is 3.93. The third-order valence-electron chi connectivity index (χ3n) is 3.54. The van der Waals surface area contributed by atoms with E-state index >= 15 is 0 Å². The standard InChI is InChI=1S/C14H17NO5/c1-19-11-6-7-14(12(8-11)15(17)18)20-9-13(16)10-4-2-3-5-10/h6-8,10H,2-5,9H2,1H3. The molecule has 6 nitrogen and oxygen atoms in total. The Kier molecular flexibility index (Phi) is 4.55. The highest BCUT2D eigenvalue weighted by Gasteiger charge is 2.24. The smallest absolute Gasteiger partial charge is 0.314 e. The van der Waals surface area contributed by atoms with Gasteiger partial charge in [0.25, 0.3) is 0 Å². The summed E-state index contributed by atoms with van der Waals surface area (Å²) in [6, 6.07) is 4.32. The van der Waals surface area contributed by atoms with Gasteiger partial charge in [-0.25, -0.2) is 0 Å². The lowest BCUT2D eigenvalue weighted by atomic mass is 10.0. The van der Waals surface area contributed by atoms with Crippen molar-refractivity contribution in [3.8, 4) is 11.5 Å². The number of methoxy groups -OCH3 is 1. The lowest BCUT2D eigenvalue weighted by Crippen LogP contribution is -2.19. The third-order valence-corrected chi connectivity index (χ3v) is 3.54. The number of carbonyl (C=O) groups is 1. The molecule has 0 heterocycles. The van der Waals surface area contributed by atoms with Gasteiger partial charge in [0.1, 0.15) is 12.4 Å². The van der Waals surface area contributed by atoms with Gasteiger partial charge in [0.2, 0.25) is 0 Å². The Labute approximate surface area is 116 Å². The predicted octanol–water partition coefficient (Wildman–Crippen LogP) is 2.74. The van der Waals surface area contributed by atoms with E-state index in [9.17, 15) is 14.9 Å². The summed E-state index contributed by atoms with van der Waals surface area (Å²) >= 11 is 0. The molecule has 2 rings (SSSR count). The minimum absolute atomic E-state index is 0.0209. The maximum atomic E-state index is 11.9. The van der Waals surface area contributed by atoms with Gasteiger partial charge in [-0.15, -0.1) is 0 Å². The zero-order valence-corrected chi connectivity index (χ0v) is 11.3.